The fourth-order valence-corrected chi connectivity index (χ4v) is 2.00. The molecular weight excluding hydrogens is 220 g/mol. The second kappa shape index (κ2) is 6.29. The van der Waals surface area contributed by atoms with E-state index < -0.39 is 0 Å². The normalized spacial score (nSPS) is 20.1. The quantitative estimate of drug-likeness (QED) is 0.656. The van der Waals surface area contributed by atoms with E-state index in [-0.39, 0.29) is 5.91 Å². The van der Waals surface area contributed by atoms with Crippen molar-refractivity contribution in [3.63, 3.8) is 0 Å². The summed E-state index contributed by atoms with van der Waals surface area (Å²) < 4.78 is 0. The molecule has 0 bridgehead atoms. The van der Waals surface area contributed by atoms with Crippen molar-refractivity contribution in [1.82, 2.24) is 31.3 Å². The summed E-state index contributed by atoms with van der Waals surface area (Å²) in [4.78, 5) is 11.6. The van der Waals surface area contributed by atoms with Crippen LogP contribution in [-0.2, 0) is 11.3 Å². The van der Waals surface area contributed by atoms with Gasteiger partial charge in [-0.2, -0.15) is 5.21 Å². The number of nitrogens with zero attached hydrogens (tertiary/aromatic N) is 3. The number of aromatic amines is 1. The number of nitrogens with one attached hydrogen (secondary N) is 3. The van der Waals surface area contributed by atoms with Gasteiger partial charge in [-0.3, -0.25) is 4.79 Å². The molecule has 94 valence electrons. The monoisotopic (exact) mass is 238 g/mol. The maximum Gasteiger partial charge on any atom is 0.220 e. The molecule has 17 heavy (non-hydrogen) atoms. The van der Waals surface area contributed by atoms with Gasteiger partial charge in [0.2, 0.25) is 5.91 Å². The topological polar surface area (TPSA) is 95.6 Å². The minimum atomic E-state index is 0.0437. The average molecular weight is 238 g/mol. The van der Waals surface area contributed by atoms with Crippen LogP contribution in [0.1, 0.15) is 37.9 Å². The lowest BCUT2D eigenvalue weighted by Crippen LogP contribution is -2.35. The Balaban J connectivity index is 1.60. The Labute approximate surface area is 99.7 Å². The number of tetrazole rings is 1. The molecule has 7 nitrogen and oxygen atoms in total. The van der Waals surface area contributed by atoms with Gasteiger partial charge >= 0.3 is 0 Å². The van der Waals surface area contributed by atoms with E-state index >= 15 is 0 Å². The van der Waals surface area contributed by atoms with E-state index in [1.807, 2.05) is 0 Å². The predicted molar refractivity (Wildman–Crippen MR) is 60.9 cm³/mol. The summed E-state index contributed by atoms with van der Waals surface area (Å²) in [6.07, 6.45) is 5.15. The van der Waals surface area contributed by atoms with Crippen molar-refractivity contribution in [2.24, 2.45) is 0 Å². The molecule has 1 aromatic rings. The molecule has 1 aromatic heterocycles. The molecule has 1 amide bonds. The van der Waals surface area contributed by atoms with Crippen molar-refractivity contribution < 1.29 is 4.79 Å². The molecule has 2 rings (SSSR count). The molecule has 1 unspecified atom stereocenters. The van der Waals surface area contributed by atoms with E-state index in [9.17, 15) is 4.79 Å². The van der Waals surface area contributed by atoms with Gasteiger partial charge in [0.15, 0.2) is 5.82 Å². The smallest absolute Gasteiger partial charge is 0.220 e. The first kappa shape index (κ1) is 12.0. The predicted octanol–water partition coefficient (Wildman–Crippen LogP) is -0.262. The zero-order valence-electron chi connectivity index (χ0n) is 9.78. The van der Waals surface area contributed by atoms with Gasteiger partial charge in [-0.15, -0.1) is 10.2 Å². The first-order valence-corrected chi connectivity index (χ1v) is 6.07. The van der Waals surface area contributed by atoms with Crippen molar-refractivity contribution in [2.75, 3.05) is 6.54 Å². The van der Waals surface area contributed by atoms with E-state index in [0.29, 0.717) is 24.8 Å². The Hall–Kier alpha value is -1.50. The Kier molecular flexibility index (Phi) is 4.43. The maximum atomic E-state index is 11.6. The van der Waals surface area contributed by atoms with E-state index in [0.717, 1.165) is 13.0 Å². The van der Waals surface area contributed by atoms with E-state index in [2.05, 4.69) is 31.3 Å². The van der Waals surface area contributed by atoms with Crippen LogP contribution in [0.3, 0.4) is 0 Å². The van der Waals surface area contributed by atoms with Crippen LogP contribution in [0.25, 0.3) is 0 Å². The lowest BCUT2D eigenvalue weighted by molar-refractivity contribution is -0.121. The third-order valence-electron chi connectivity index (χ3n) is 2.97. The van der Waals surface area contributed by atoms with Crippen molar-refractivity contribution >= 4 is 5.91 Å². The van der Waals surface area contributed by atoms with E-state index in [1.54, 1.807) is 0 Å². The molecule has 1 fully saturated rings. The standard InChI is InChI=1S/C10H18N6O/c17-10(12-7-9-13-15-16-14-9)5-4-8-3-1-2-6-11-8/h8,11H,1-7H2,(H,12,17)(H,13,14,15,16). The number of hydrogen-bond acceptors (Lipinski definition) is 5. The molecule has 1 saturated heterocycles. The van der Waals surface area contributed by atoms with Gasteiger partial charge in [-0.05, 0) is 25.8 Å². The summed E-state index contributed by atoms with van der Waals surface area (Å²) >= 11 is 0. The van der Waals surface area contributed by atoms with E-state index in [4.69, 9.17) is 0 Å². The fraction of sp³-hybridized carbons (Fsp3) is 0.800. The Morgan fingerprint density at radius 2 is 2.41 bits per heavy atom. The average Bonchev–Trinajstić information content (AvgIpc) is 2.88. The third kappa shape index (κ3) is 4.10. The van der Waals surface area contributed by atoms with Crippen molar-refractivity contribution in [2.45, 2.75) is 44.7 Å². The molecule has 1 aliphatic heterocycles. The van der Waals surface area contributed by atoms with Gasteiger partial charge in [0.1, 0.15) is 0 Å². The Morgan fingerprint density at radius 1 is 1.47 bits per heavy atom. The van der Waals surface area contributed by atoms with Crippen molar-refractivity contribution in [1.29, 1.82) is 0 Å². The van der Waals surface area contributed by atoms with Gasteiger partial charge in [-0.25, -0.2) is 0 Å². The molecule has 0 radical (unpaired) electrons. The molecule has 0 aromatic carbocycles. The van der Waals surface area contributed by atoms with Crippen LogP contribution < -0.4 is 10.6 Å². The maximum absolute atomic E-state index is 11.6. The lowest BCUT2D eigenvalue weighted by Gasteiger charge is -2.22. The van der Waals surface area contributed by atoms with E-state index in [1.165, 1.54) is 19.3 Å². The molecule has 2 heterocycles. The van der Waals surface area contributed by atoms with Crippen LogP contribution >= 0.6 is 0 Å². The van der Waals surface area contributed by atoms with Gasteiger partial charge in [-0.1, -0.05) is 11.6 Å². The highest BCUT2D eigenvalue weighted by atomic mass is 16.1. The zero-order chi connectivity index (χ0) is 11.9. The molecule has 0 saturated carbocycles. The number of rotatable bonds is 5. The Morgan fingerprint density at radius 3 is 3.12 bits per heavy atom. The summed E-state index contributed by atoms with van der Waals surface area (Å²) in [5.41, 5.74) is 0. The third-order valence-corrected chi connectivity index (χ3v) is 2.97. The summed E-state index contributed by atoms with van der Waals surface area (Å²) in [5, 5.41) is 19.5. The molecule has 0 spiro atoms. The van der Waals surface area contributed by atoms with Gasteiger partial charge in [0.25, 0.3) is 0 Å². The van der Waals surface area contributed by atoms with Crippen LogP contribution in [0.2, 0.25) is 0 Å². The minimum absolute atomic E-state index is 0.0437. The number of hydrogen-bond donors (Lipinski definition) is 3. The molecule has 1 atom stereocenters. The molecule has 1 aliphatic rings. The lowest BCUT2D eigenvalue weighted by atomic mass is 10.0. The minimum Gasteiger partial charge on any atom is -0.349 e. The largest absolute Gasteiger partial charge is 0.349 e. The van der Waals surface area contributed by atoms with Gasteiger partial charge in [0, 0.05) is 12.5 Å². The van der Waals surface area contributed by atoms with Gasteiger partial charge in [0.05, 0.1) is 6.54 Å². The highest BCUT2D eigenvalue weighted by Crippen LogP contribution is 2.11. The van der Waals surface area contributed by atoms with Crippen LogP contribution in [0, 0.1) is 0 Å². The number of H-pyrrole nitrogens is 1. The summed E-state index contributed by atoms with van der Waals surface area (Å²) in [7, 11) is 0. The first-order valence-electron chi connectivity index (χ1n) is 6.07. The molecule has 3 N–H and O–H groups in total. The SMILES string of the molecule is O=C(CCC1CCCCN1)NCc1nn[nH]n1. The van der Waals surface area contributed by atoms with Crippen LogP contribution in [0.15, 0.2) is 0 Å². The second-order valence-corrected chi connectivity index (χ2v) is 4.29. The molecule has 7 heteroatoms. The van der Waals surface area contributed by atoms with Gasteiger partial charge < -0.3 is 10.6 Å². The van der Waals surface area contributed by atoms with Crippen molar-refractivity contribution in [3.8, 4) is 0 Å². The molecule has 0 aliphatic carbocycles. The number of carbonyl (C=O) groups is 1. The summed E-state index contributed by atoms with van der Waals surface area (Å²) in [5.74, 6) is 0.552. The summed E-state index contributed by atoms with van der Waals surface area (Å²) in [6.45, 7) is 1.42. The highest BCUT2D eigenvalue weighted by molar-refractivity contribution is 5.75. The Bertz CT molecular complexity index is 333. The number of amides is 1. The first-order chi connectivity index (χ1) is 8.34. The number of piperidine rings is 1. The molecular formula is C10H18N6O. The van der Waals surface area contributed by atoms with Crippen LogP contribution in [-0.4, -0.2) is 39.1 Å². The second-order valence-electron chi connectivity index (χ2n) is 4.29. The van der Waals surface area contributed by atoms with Crippen LogP contribution in [0.5, 0.6) is 0 Å². The number of aromatic nitrogens is 4. The number of carbonyl (C=O) groups excluding carboxylic acids is 1. The fourth-order valence-electron chi connectivity index (χ4n) is 2.00. The highest BCUT2D eigenvalue weighted by Gasteiger charge is 2.13. The summed E-state index contributed by atoms with van der Waals surface area (Å²) in [6, 6.07) is 0.500. The van der Waals surface area contributed by atoms with Crippen molar-refractivity contribution in [3.05, 3.63) is 5.82 Å². The van der Waals surface area contributed by atoms with Crippen LogP contribution in [0.4, 0.5) is 0 Å². The zero-order valence-corrected chi connectivity index (χ0v) is 9.78.